The Morgan fingerprint density at radius 1 is 1.25 bits per heavy atom. The highest BCUT2D eigenvalue weighted by Crippen LogP contribution is 2.44. The number of nitrogens with one attached hydrogen (secondary N) is 1. The maximum absolute atomic E-state index is 13.3. The predicted octanol–water partition coefficient (Wildman–Crippen LogP) is 3.52. The number of carbonyl (C=O) groups is 2. The van der Waals surface area contributed by atoms with E-state index in [-0.39, 0.29) is 17.1 Å². The van der Waals surface area contributed by atoms with Gasteiger partial charge in [-0.25, -0.2) is 4.39 Å². The fourth-order valence-corrected chi connectivity index (χ4v) is 4.38. The molecule has 0 bridgehead atoms. The van der Waals surface area contributed by atoms with Crippen molar-refractivity contribution in [2.45, 2.75) is 43.9 Å². The SMILES string of the molecule is O=C(O)C1CCC1C(=O)NCC1(c2ccc(F)cc2Cl)CCCC1. The van der Waals surface area contributed by atoms with Crippen LogP contribution in [0.5, 0.6) is 0 Å². The lowest BCUT2D eigenvalue weighted by molar-refractivity contribution is -0.152. The molecular formula is C18H21ClFNO3. The van der Waals surface area contributed by atoms with Crippen molar-refractivity contribution in [1.82, 2.24) is 5.32 Å². The summed E-state index contributed by atoms with van der Waals surface area (Å²) in [6.45, 7) is 0.417. The van der Waals surface area contributed by atoms with Gasteiger partial charge in [0.25, 0.3) is 0 Å². The van der Waals surface area contributed by atoms with E-state index in [0.29, 0.717) is 24.4 Å². The van der Waals surface area contributed by atoms with Crippen LogP contribution in [0.3, 0.4) is 0 Å². The molecule has 1 aromatic rings. The molecule has 0 spiro atoms. The number of hydrogen-bond donors (Lipinski definition) is 2. The molecule has 1 amide bonds. The first-order valence-corrected chi connectivity index (χ1v) is 8.77. The zero-order valence-corrected chi connectivity index (χ0v) is 14.1. The Morgan fingerprint density at radius 3 is 2.46 bits per heavy atom. The number of amides is 1. The van der Waals surface area contributed by atoms with Crippen LogP contribution in [-0.2, 0) is 15.0 Å². The Bertz CT molecular complexity index is 658. The molecule has 24 heavy (non-hydrogen) atoms. The highest BCUT2D eigenvalue weighted by molar-refractivity contribution is 6.31. The number of carboxylic acids is 1. The number of carbonyl (C=O) groups excluding carboxylic acids is 1. The van der Waals surface area contributed by atoms with Gasteiger partial charge in [0, 0.05) is 17.0 Å². The monoisotopic (exact) mass is 353 g/mol. The van der Waals surface area contributed by atoms with Crippen molar-refractivity contribution in [2.75, 3.05) is 6.54 Å². The van der Waals surface area contributed by atoms with Crippen LogP contribution >= 0.6 is 11.6 Å². The average molecular weight is 354 g/mol. The molecule has 0 heterocycles. The number of aliphatic carboxylic acids is 1. The summed E-state index contributed by atoms with van der Waals surface area (Å²) in [5.41, 5.74) is 0.579. The van der Waals surface area contributed by atoms with Gasteiger partial charge in [0.05, 0.1) is 11.8 Å². The second-order valence-corrected chi connectivity index (χ2v) is 7.37. The first-order valence-electron chi connectivity index (χ1n) is 8.39. The number of hydrogen-bond acceptors (Lipinski definition) is 2. The number of rotatable bonds is 5. The predicted molar refractivity (Wildman–Crippen MR) is 88.4 cm³/mol. The van der Waals surface area contributed by atoms with Gasteiger partial charge < -0.3 is 10.4 Å². The van der Waals surface area contributed by atoms with E-state index in [4.69, 9.17) is 16.7 Å². The van der Waals surface area contributed by atoms with E-state index in [1.54, 1.807) is 6.07 Å². The molecule has 130 valence electrons. The molecule has 6 heteroatoms. The van der Waals surface area contributed by atoms with Crippen LogP contribution in [0.2, 0.25) is 5.02 Å². The Balaban J connectivity index is 1.73. The normalized spacial score (nSPS) is 25.1. The molecule has 2 atom stereocenters. The van der Waals surface area contributed by atoms with E-state index in [0.717, 1.165) is 31.2 Å². The van der Waals surface area contributed by atoms with Crippen molar-refractivity contribution >= 4 is 23.5 Å². The standard InChI is InChI=1S/C18H21ClFNO3/c19-15-9-11(20)3-6-14(15)18(7-1-2-8-18)10-21-16(22)12-4-5-13(12)17(23)24/h3,6,9,12-13H,1-2,4-5,7-8,10H2,(H,21,22)(H,23,24). The first kappa shape index (κ1) is 17.2. The maximum atomic E-state index is 13.3. The van der Waals surface area contributed by atoms with Crippen LogP contribution < -0.4 is 5.32 Å². The Kier molecular flexibility index (Phi) is 4.81. The minimum absolute atomic E-state index is 0.196. The smallest absolute Gasteiger partial charge is 0.307 e. The van der Waals surface area contributed by atoms with Gasteiger partial charge in [-0.2, -0.15) is 0 Å². The molecular weight excluding hydrogens is 333 g/mol. The molecule has 2 N–H and O–H groups in total. The van der Waals surface area contributed by atoms with Gasteiger partial charge in [-0.15, -0.1) is 0 Å². The lowest BCUT2D eigenvalue weighted by Gasteiger charge is -2.35. The molecule has 0 saturated heterocycles. The van der Waals surface area contributed by atoms with Crippen LogP contribution in [0.1, 0.15) is 44.1 Å². The third-order valence-electron chi connectivity index (χ3n) is 5.59. The Labute approximate surface area is 145 Å². The summed E-state index contributed by atoms with van der Waals surface area (Å²) in [4.78, 5) is 23.4. The Morgan fingerprint density at radius 2 is 1.92 bits per heavy atom. The van der Waals surface area contributed by atoms with E-state index in [1.165, 1.54) is 12.1 Å². The van der Waals surface area contributed by atoms with Crippen molar-refractivity contribution in [2.24, 2.45) is 11.8 Å². The molecule has 1 aromatic carbocycles. The van der Waals surface area contributed by atoms with Gasteiger partial charge in [-0.05, 0) is 43.4 Å². The molecule has 0 aliphatic heterocycles. The second kappa shape index (κ2) is 6.71. The molecule has 3 rings (SSSR count). The zero-order valence-electron chi connectivity index (χ0n) is 13.4. The highest BCUT2D eigenvalue weighted by atomic mass is 35.5. The van der Waals surface area contributed by atoms with Crippen molar-refractivity contribution in [3.05, 3.63) is 34.6 Å². The molecule has 2 saturated carbocycles. The minimum atomic E-state index is -0.904. The summed E-state index contributed by atoms with van der Waals surface area (Å²) >= 11 is 6.25. The molecule has 0 radical (unpaired) electrons. The van der Waals surface area contributed by atoms with Crippen LogP contribution in [0.25, 0.3) is 0 Å². The molecule has 2 aliphatic carbocycles. The van der Waals surface area contributed by atoms with Crippen molar-refractivity contribution in [1.29, 1.82) is 0 Å². The quantitative estimate of drug-likeness (QED) is 0.851. The molecule has 2 aliphatic rings. The minimum Gasteiger partial charge on any atom is -0.481 e. The van der Waals surface area contributed by atoms with Gasteiger partial charge >= 0.3 is 5.97 Å². The van der Waals surface area contributed by atoms with Crippen LogP contribution in [0.15, 0.2) is 18.2 Å². The van der Waals surface area contributed by atoms with Gasteiger partial charge in [0.15, 0.2) is 0 Å². The molecule has 4 nitrogen and oxygen atoms in total. The van der Waals surface area contributed by atoms with Crippen molar-refractivity contribution < 1.29 is 19.1 Å². The Hall–Kier alpha value is -1.62. The summed E-state index contributed by atoms with van der Waals surface area (Å²) in [5, 5.41) is 12.4. The first-order chi connectivity index (χ1) is 11.4. The van der Waals surface area contributed by atoms with E-state index in [1.807, 2.05) is 0 Å². The highest BCUT2D eigenvalue weighted by Gasteiger charge is 2.43. The second-order valence-electron chi connectivity index (χ2n) is 6.96. The van der Waals surface area contributed by atoms with Crippen LogP contribution in [-0.4, -0.2) is 23.5 Å². The third kappa shape index (κ3) is 3.14. The van der Waals surface area contributed by atoms with Crippen molar-refractivity contribution in [3.63, 3.8) is 0 Å². The number of carboxylic acid groups (broad SMARTS) is 1. The third-order valence-corrected chi connectivity index (χ3v) is 5.91. The summed E-state index contributed by atoms with van der Waals surface area (Å²) in [7, 11) is 0. The molecule has 2 fully saturated rings. The lowest BCUT2D eigenvalue weighted by atomic mass is 9.72. The van der Waals surface area contributed by atoms with Gasteiger partial charge in [-0.1, -0.05) is 30.5 Å². The van der Waals surface area contributed by atoms with E-state index < -0.39 is 17.8 Å². The maximum Gasteiger partial charge on any atom is 0.307 e. The van der Waals surface area contributed by atoms with Crippen LogP contribution in [0.4, 0.5) is 4.39 Å². The zero-order chi connectivity index (χ0) is 17.3. The summed E-state index contributed by atoms with van der Waals surface area (Å²) in [6, 6.07) is 4.42. The van der Waals surface area contributed by atoms with E-state index in [9.17, 15) is 14.0 Å². The fourth-order valence-electron chi connectivity index (χ4n) is 4.01. The van der Waals surface area contributed by atoms with Crippen LogP contribution in [0, 0.1) is 17.7 Å². The lowest BCUT2D eigenvalue weighted by Crippen LogP contribution is -2.47. The fraction of sp³-hybridized carbons (Fsp3) is 0.556. The van der Waals surface area contributed by atoms with E-state index in [2.05, 4.69) is 5.32 Å². The van der Waals surface area contributed by atoms with E-state index >= 15 is 0 Å². The summed E-state index contributed by atoms with van der Waals surface area (Å²) in [6.07, 6.45) is 5.00. The summed E-state index contributed by atoms with van der Waals surface area (Å²) < 4.78 is 13.3. The van der Waals surface area contributed by atoms with Crippen molar-refractivity contribution in [3.8, 4) is 0 Å². The number of benzene rings is 1. The molecule has 2 unspecified atom stereocenters. The van der Waals surface area contributed by atoms with Gasteiger partial charge in [0.1, 0.15) is 5.82 Å². The largest absolute Gasteiger partial charge is 0.481 e. The summed E-state index contributed by atoms with van der Waals surface area (Å²) in [5.74, 6) is -2.49. The van der Waals surface area contributed by atoms with Gasteiger partial charge in [0.2, 0.25) is 5.91 Å². The average Bonchev–Trinajstić information content (AvgIpc) is 2.93. The van der Waals surface area contributed by atoms with Gasteiger partial charge in [-0.3, -0.25) is 9.59 Å². The number of halogens is 2. The molecule has 0 aromatic heterocycles. The topological polar surface area (TPSA) is 66.4 Å².